The summed E-state index contributed by atoms with van der Waals surface area (Å²) in [6, 6.07) is 0. The number of hydrogen-bond donors (Lipinski definition) is 2. The first-order valence-corrected chi connectivity index (χ1v) is 15.2. The molecule has 6 heteroatoms. The number of ether oxygens (including phenoxy) is 1. The van der Waals surface area contributed by atoms with Gasteiger partial charge in [-0.25, -0.2) is 0 Å². The van der Waals surface area contributed by atoms with Gasteiger partial charge in [-0.2, -0.15) is 0 Å². The molecule has 6 nitrogen and oxygen atoms in total. The maximum atomic E-state index is 12.3. The van der Waals surface area contributed by atoms with Gasteiger partial charge in [0.2, 0.25) is 5.91 Å². The highest BCUT2D eigenvalue weighted by Crippen LogP contribution is 2.63. The topological polar surface area (TPSA) is 70.7 Å². The van der Waals surface area contributed by atoms with Crippen molar-refractivity contribution in [3.8, 4) is 0 Å². The third-order valence-electron chi connectivity index (χ3n) is 11.5. The van der Waals surface area contributed by atoms with Gasteiger partial charge in [0.25, 0.3) is 0 Å². The van der Waals surface area contributed by atoms with E-state index in [4.69, 9.17) is 4.74 Å². The molecule has 2 N–H and O–H groups in total. The van der Waals surface area contributed by atoms with E-state index in [0.717, 1.165) is 63.6 Å². The van der Waals surface area contributed by atoms with Crippen molar-refractivity contribution in [1.82, 2.24) is 15.5 Å². The van der Waals surface area contributed by atoms with Crippen LogP contribution in [-0.4, -0.2) is 61.6 Å². The number of likely N-dealkylation sites (N-methyl/N-ethyl adjacent to an activating group) is 1. The Bertz CT molecular complexity index is 917. The third kappa shape index (κ3) is 4.96. The summed E-state index contributed by atoms with van der Waals surface area (Å²) in [7, 11) is 2.11. The molecule has 5 aliphatic rings. The van der Waals surface area contributed by atoms with Crippen LogP contribution in [0.2, 0.25) is 0 Å². The minimum absolute atomic E-state index is 0.0390. The van der Waals surface area contributed by atoms with E-state index in [2.05, 4.69) is 43.4 Å². The summed E-state index contributed by atoms with van der Waals surface area (Å²) >= 11 is 0. The van der Waals surface area contributed by atoms with Crippen LogP contribution in [0.5, 0.6) is 0 Å². The molecule has 2 heterocycles. The van der Waals surface area contributed by atoms with Crippen molar-refractivity contribution < 1.29 is 14.3 Å². The number of fused-ring (bicyclic) bond motifs is 6. The molecule has 2 aliphatic heterocycles. The number of likely N-dealkylation sites (tertiary alicyclic amines) is 1. The van der Waals surface area contributed by atoms with Crippen LogP contribution >= 0.6 is 0 Å². The Morgan fingerprint density at radius 1 is 1.19 bits per heavy atom. The van der Waals surface area contributed by atoms with Gasteiger partial charge in [-0.3, -0.25) is 14.5 Å². The molecule has 5 rings (SSSR count). The lowest BCUT2D eigenvalue weighted by atomic mass is 9.52. The number of allylic oxidation sites excluding steroid dienone is 1. The van der Waals surface area contributed by atoms with Gasteiger partial charge in [0.1, 0.15) is 5.78 Å². The highest BCUT2D eigenvalue weighted by Gasteiger charge is 2.56. The van der Waals surface area contributed by atoms with Crippen LogP contribution in [-0.2, 0) is 14.3 Å². The number of nitrogens with one attached hydrogen (secondary N) is 2. The molecule has 37 heavy (non-hydrogen) atoms. The molecule has 0 aromatic heterocycles. The summed E-state index contributed by atoms with van der Waals surface area (Å²) in [5.41, 5.74) is 3.32. The van der Waals surface area contributed by atoms with Crippen LogP contribution in [0.25, 0.3) is 0 Å². The third-order valence-corrected chi connectivity index (χ3v) is 11.5. The van der Waals surface area contributed by atoms with E-state index in [-0.39, 0.29) is 17.7 Å². The normalized spacial score (nSPS) is 42.9. The van der Waals surface area contributed by atoms with Crippen molar-refractivity contribution in [1.29, 1.82) is 0 Å². The molecule has 0 aromatic rings. The fourth-order valence-electron chi connectivity index (χ4n) is 9.53. The number of Topliss-reactive ketones (excluding diaryl/α,β-unsaturated/α-hetero) is 1. The zero-order chi connectivity index (χ0) is 26.4. The zero-order valence-corrected chi connectivity index (χ0v) is 24.0. The second-order valence-electron chi connectivity index (χ2n) is 13.5. The highest BCUT2D eigenvalue weighted by molar-refractivity contribution is 5.79. The molecule has 0 bridgehead atoms. The fraction of sp³-hybridized carbons (Fsp3) is 0.871. The van der Waals surface area contributed by atoms with Gasteiger partial charge in [0.15, 0.2) is 0 Å². The van der Waals surface area contributed by atoms with Crippen LogP contribution in [0.3, 0.4) is 0 Å². The lowest BCUT2D eigenvalue weighted by molar-refractivity contribution is -0.131. The second-order valence-corrected chi connectivity index (χ2v) is 13.5. The monoisotopic (exact) mass is 513 g/mol. The summed E-state index contributed by atoms with van der Waals surface area (Å²) < 4.78 is 6.87. The van der Waals surface area contributed by atoms with Gasteiger partial charge in [-0.05, 0) is 106 Å². The Labute approximate surface area is 224 Å². The SMILES string of the molecule is CNC12CCCC3C(=C(C)COC1CC(C)CN2CCNC(C)=O)CC1C3CCC2CC(=O)CCC21C. The van der Waals surface area contributed by atoms with E-state index >= 15 is 0 Å². The van der Waals surface area contributed by atoms with Crippen molar-refractivity contribution in [2.75, 3.05) is 33.3 Å². The summed E-state index contributed by atoms with van der Waals surface area (Å²) in [4.78, 5) is 26.4. The largest absolute Gasteiger partial charge is 0.371 e. The number of rotatable bonds is 4. The smallest absolute Gasteiger partial charge is 0.216 e. The molecule has 4 fully saturated rings. The maximum absolute atomic E-state index is 12.3. The number of carbonyl (C=O) groups is 2. The van der Waals surface area contributed by atoms with Crippen molar-refractivity contribution in [2.45, 2.75) is 104 Å². The molecule has 8 unspecified atom stereocenters. The van der Waals surface area contributed by atoms with Crippen molar-refractivity contribution >= 4 is 11.7 Å². The minimum atomic E-state index is -0.186. The van der Waals surface area contributed by atoms with Crippen molar-refractivity contribution in [3.05, 3.63) is 11.1 Å². The molecule has 0 spiro atoms. The van der Waals surface area contributed by atoms with E-state index < -0.39 is 0 Å². The fourth-order valence-corrected chi connectivity index (χ4v) is 9.53. The van der Waals surface area contributed by atoms with E-state index in [0.29, 0.717) is 35.5 Å². The van der Waals surface area contributed by atoms with Crippen LogP contribution in [0, 0.1) is 35.0 Å². The molecule has 0 aromatic carbocycles. The quantitative estimate of drug-likeness (QED) is 0.534. The summed E-state index contributed by atoms with van der Waals surface area (Å²) in [6.45, 7) is 12.1. The summed E-state index contributed by atoms with van der Waals surface area (Å²) in [5, 5.41) is 6.78. The summed E-state index contributed by atoms with van der Waals surface area (Å²) in [6.07, 6.45) is 11.2. The van der Waals surface area contributed by atoms with Gasteiger partial charge in [0, 0.05) is 39.4 Å². The molecule has 1 amide bonds. The average Bonchev–Trinajstić information content (AvgIpc) is 3.24. The Balaban J connectivity index is 1.39. The van der Waals surface area contributed by atoms with Gasteiger partial charge in [-0.15, -0.1) is 0 Å². The first kappa shape index (κ1) is 27.3. The predicted molar refractivity (Wildman–Crippen MR) is 147 cm³/mol. The first-order valence-electron chi connectivity index (χ1n) is 15.2. The minimum Gasteiger partial charge on any atom is -0.371 e. The number of nitrogens with zero attached hydrogens (tertiary/aromatic N) is 1. The van der Waals surface area contributed by atoms with Gasteiger partial charge in [-0.1, -0.05) is 19.4 Å². The summed E-state index contributed by atoms with van der Waals surface area (Å²) in [5.74, 6) is 3.86. The molecule has 1 saturated heterocycles. The van der Waals surface area contributed by atoms with E-state index in [1.54, 1.807) is 12.5 Å². The van der Waals surface area contributed by atoms with Crippen LogP contribution in [0.4, 0.5) is 0 Å². The number of carbonyl (C=O) groups excluding carboxylic acids is 2. The van der Waals surface area contributed by atoms with Gasteiger partial charge < -0.3 is 15.4 Å². The number of ketones is 1. The molecule has 0 radical (unpaired) electrons. The molecule has 3 aliphatic carbocycles. The second kappa shape index (κ2) is 10.7. The molecule has 3 saturated carbocycles. The van der Waals surface area contributed by atoms with Crippen LogP contribution < -0.4 is 10.6 Å². The van der Waals surface area contributed by atoms with E-state index in [1.165, 1.54) is 37.7 Å². The molecular weight excluding hydrogens is 462 g/mol. The lowest BCUT2D eigenvalue weighted by Crippen LogP contribution is -2.70. The first-order chi connectivity index (χ1) is 17.7. The van der Waals surface area contributed by atoms with Gasteiger partial charge in [0.05, 0.1) is 18.4 Å². The Morgan fingerprint density at radius 3 is 2.76 bits per heavy atom. The standard InChI is InChI=1S/C31H51N3O3/c1-20-15-29-31(32-5,34(18-20)14-13-33-22(3)35)11-6-7-25-26-9-8-23-16-24(36)10-12-30(23,4)28(26)17-27(25)21(2)19-37-29/h20,23,25-26,28-29,32H,6-19H2,1-5H3,(H,33,35). The molecule has 8 atom stereocenters. The molecular formula is C31H51N3O3. The van der Waals surface area contributed by atoms with E-state index in [1.807, 2.05) is 0 Å². The Morgan fingerprint density at radius 2 is 2.00 bits per heavy atom. The molecule has 208 valence electrons. The highest BCUT2D eigenvalue weighted by atomic mass is 16.5. The Hall–Kier alpha value is -1.24. The number of piperidine rings is 1. The zero-order valence-electron chi connectivity index (χ0n) is 24.0. The van der Waals surface area contributed by atoms with Crippen LogP contribution in [0.15, 0.2) is 11.1 Å². The van der Waals surface area contributed by atoms with Crippen molar-refractivity contribution in [2.24, 2.45) is 35.0 Å². The van der Waals surface area contributed by atoms with Gasteiger partial charge >= 0.3 is 0 Å². The number of hydrogen-bond acceptors (Lipinski definition) is 5. The van der Waals surface area contributed by atoms with Crippen molar-refractivity contribution in [3.63, 3.8) is 0 Å². The number of amides is 1. The average molecular weight is 514 g/mol. The predicted octanol–water partition coefficient (Wildman–Crippen LogP) is 4.69. The Kier molecular flexibility index (Phi) is 7.93. The van der Waals surface area contributed by atoms with E-state index in [9.17, 15) is 9.59 Å². The maximum Gasteiger partial charge on any atom is 0.216 e. The van der Waals surface area contributed by atoms with Crippen LogP contribution in [0.1, 0.15) is 91.9 Å². The lowest BCUT2D eigenvalue weighted by Gasteiger charge is -2.54.